The van der Waals surface area contributed by atoms with Crippen LogP contribution in [0.25, 0.3) is 11.4 Å². The fourth-order valence-corrected chi connectivity index (χ4v) is 4.77. The van der Waals surface area contributed by atoms with Crippen LogP contribution in [-0.2, 0) is 24.1 Å². The standard InChI is InChI=1S/C28H32F2N4O3/c1-3-18-14-31-27(32-15-18)21-8-7-20-5-4-6-25(24(20)12-21)33-16-28(36,37)26(34-17(2)35)11-19-9-22(29)13-23(30)10-19/h7-10,12-15,25-26,33,36-37H,3-6,11,16H2,1-2H3,(H,34,35). The molecule has 196 valence electrons. The van der Waals surface area contributed by atoms with Gasteiger partial charge in [-0.2, -0.15) is 0 Å². The molecule has 0 saturated carbocycles. The van der Waals surface area contributed by atoms with Crippen LogP contribution >= 0.6 is 0 Å². The topological polar surface area (TPSA) is 107 Å². The van der Waals surface area contributed by atoms with E-state index >= 15 is 0 Å². The maximum absolute atomic E-state index is 13.7. The molecule has 1 heterocycles. The molecule has 0 fully saturated rings. The van der Waals surface area contributed by atoms with Gasteiger partial charge >= 0.3 is 0 Å². The van der Waals surface area contributed by atoms with Crippen LogP contribution in [0.4, 0.5) is 8.78 Å². The Bertz CT molecular complexity index is 1230. The number of fused-ring (bicyclic) bond motifs is 1. The summed E-state index contributed by atoms with van der Waals surface area (Å²) in [4.78, 5) is 20.7. The maximum atomic E-state index is 13.7. The van der Waals surface area contributed by atoms with Crippen LogP contribution in [0.1, 0.15) is 55.0 Å². The van der Waals surface area contributed by atoms with Gasteiger partial charge in [0.05, 0.1) is 12.6 Å². The Kier molecular flexibility index (Phi) is 8.26. The molecule has 4 rings (SSSR count). The first kappa shape index (κ1) is 26.8. The van der Waals surface area contributed by atoms with E-state index in [1.165, 1.54) is 6.92 Å². The van der Waals surface area contributed by atoms with Gasteiger partial charge in [-0.1, -0.05) is 19.1 Å². The largest absolute Gasteiger partial charge is 0.363 e. The highest BCUT2D eigenvalue weighted by molar-refractivity contribution is 5.73. The van der Waals surface area contributed by atoms with E-state index in [9.17, 15) is 23.8 Å². The summed E-state index contributed by atoms with van der Waals surface area (Å²) in [6.07, 6.45) is 6.93. The molecule has 1 amide bonds. The van der Waals surface area contributed by atoms with Crippen LogP contribution in [0, 0.1) is 11.6 Å². The lowest BCUT2D eigenvalue weighted by Gasteiger charge is -2.35. The van der Waals surface area contributed by atoms with Gasteiger partial charge in [-0.25, -0.2) is 18.7 Å². The third-order valence-corrected chi connectivity index (χ3v) is 6.74. The zero-order valence-corrected chi connectivity index (χ0v) is 21.0. The highest BCUT2D eigenvalue weighted by atomic mass is 19.1. The van der Waals surface area contributed by atoms with Crippen LogP contribution in [0.15, 0.2) is 48.8 Å². The van der Waals surface area contributed by atoms with Gasteiger partial charge in [0.25, 0.3) is 0 Å². The number of nitrogens with zero attached hydrogens (tertiary/aromatic N) is 2. The Morgan fingerprint density at radius 3 is 2.46 bits per heavy atom. The average Bonchev–Trinajstić information content (AvgIpc) is 2.86. The molecule has 1 aliphatic rings. The van der Waals surface area contributed by atoms with Gasteiger partial charge in [0, 0.05) is 37.0 Å². The van der Waals surface area contributed by atoms with E-state index < -0.39 is 29.4 Å². The number of rotatable bonds is 9. The first-order chi connectivity index (χ1) is 17.6. The van der Waals surface area contributed by atoms with Crippen molar-refractivity contribution in [3.8, 4) is 11.4 Å². The Labute approximate surface area is 215 Å². The van der Waals surface area contributed by atoms with Crippen molar-refractivity contribution in [1.82, 2.24) is 20.6 Å². The van der Waals surface area contributed by atoms with Gasteiger partial charge in [-0.05, 0) is 72.6 Å². The van der Waals surface area contributed by atoms with E-state index in [1.807, 2.05) is 31.5 Å². The molecule has 37 heavy (non-hydrogen) atoms. The van der Waals surface area contributed by atoms with E-state index in [-0.39, 0.29) is 24.6 Å². The Morgan fingerprint density at radius 1 is 1.11 bits per heavy atom. The van der Waals surface area contributed by atoms with Gasteiger partial charge < -0.3 is 20.8 Å². The minimum Gasteiger partial charge on any atom is -0.363 e. The van der Waals surface area contributed by atoms with Crippen LogP contribution in [0.5, 0.6) is 0 Å². The quantitative estimate of drug-likeness (QED) is 0.329. The second-order valence-corrected chi connectivity index (χ2v) is 9.62. The van der Waals surface area contributed by atoms with Crippen LogP contribution < -0.4 is 10.6 Å². The Morgan fingerprint density at radius 2 is 1.81 bits per heavy atom. The van der Waals surface area contributed by atoms with Crippen LogP contribution in [0.2, 0.25) is 0 Å². The zero-order chi connectivity index (χ0) is 26.6. The molecule has 0 spiro atoms. The van der Waals surface area contributed by atoms with Crippen molar-refractivity contribution in [2.24, 2.45) is 0 Å². The number of carbonyl (C=O) groups excluding carboxylic acids is 1. The predicted molar refractivity (Wildman–Crippen MR) is 135 cm³/mol. The van der Waals surface area contributed by atoms with E-state index in [1.54, 1.807) is 0 Å². The number of carbonyl (C=O) groups is 1. The highest BCUT2D eigenvalue weighted by Crippen LogP contribution is 2.33. The first-order valence-corrected chi connectivity index (χ1v) is 12.5. The summed E-state index contributed by atoms with van der Waals surface area (Å²) < 4.78 is 27.4. The van der Waals surface area contributed by atoms with Crippen molar-refractivity contribution in [1.29, 1.82) is 0 Å². The van der Waals surface area contributed by atoms with E-state index in [2.05, 4.69) is 26.7 Å². The van der Waals surface area contributed by atoms with E-state index in [4.69, 9.17) is 0 Å². The summed E-state index contributed by atoms with van der Waals surface area (Å²) >= 11 is 0. The van der Waals surface area contributed by atoms with Gasteiger partial charge in [-0.15, -0.1) is 0 Å². The number of halogens is 2. The molecule has 9 heteroatoms. The molecular formula is C28H32F2N4O3. The summed E-state index contributed by atoms with van der Waals surface area (Å²) in [5.74, 6) is -3.81. The van der Waals surface area contributed by atoms with Crippen LogP contribution in [0.3, 0.4) is 0 Å². The summed E-state index contributed by atoms with van der Waals surface area (Å²) in [5.41, 5.74) is 4.32. The number of benzene rings is 2. The summed E-state index contributed by atoms with van der Waals surface area (Å²) in [5, 5.41) is 27.7. The Hall–Kier alpha value is -3.27. The number of hydrogen-bond donors (Lipinski definition) is 4. The van der Waals surface area contributed by atoms with Gasteiger partial charge in [0.2, 0.25) is 5.91 Å². The smallest absolute Gasteiger partial charge is 0.217 e. The SMILES string of the molecule is CCc1cnc(-c2ccc3c(c2)C(NCC(O)(O)C(Cc2cc(F)cc(F)c2)NC(C)=O)CCC3)nc1. The lowest BCUT2D eigenvalue weighted by molar-refractivity contribution is -0.182. The van der Waals surface area contributed by atoms with Crippen molar-refractivity contribution >= 4 is 5.91 Å². The fourth-order valence-electron chi connectivity index (χ4n) is 4.77. The normalized spacial score (nSPS) is 16.2. The number of amides is 1. The van der Waals surface area contributed by atoms with Crippen LogP contribution in [-0.4, -0.2) is 44.5 Å². The van der Waals surface area contributed by atoms with Gasteiger partial charge in [0.1, 0.15) is 11.6 Å². The zero-order valence-electron chi connectivity index (χ0n) is 21.0. The molecule has 1 aromatic heterocycles. The third kappa shape index (κ3) is 6.74. The summed E-state index contributed by atoms with van der Waals surface area (Å²) in [7, 11) is 0. The molecule has 2 atom stereocenters. The molecular weight excluding hydrogens is 478 g/mol. The second-order valence-electron chi connectivity index (χ2n) is 9.62. The molecule has 0 radical (unpaired) electrons. The first-order valence-electron chi connectivity index (χ1n) is 12.5. The molecule has 1 aliphatic carbocycles. The number of aryl methyl sites for hydroxylation is 2. The van der Waals surface area contributed by atoms with E-state index in [0.717, 1.165) is 66.1 Å². The highest BCUT2D eigenvalue weighted by Gasteiger charge is 2.36. The molecule has 0 aliphatic heterocycles. The van der Waals surface area contributed by atoms with Gasteiger partial charge in [-0.3, -0.25) is 4.79 Å². The molecule has 2 unspecified atom stereocenters. The lowest BCUT2D eigenvalue weighted by atomic mass is 9.86. The predicted octanol–water partition coefficient (Wildman–Crippen LogP) is 3.38. The Balaban J connectivity index is 1.52. The van der Waals surface area contributed by atoms with Crippen molar-refractivity contribution in [2.45, 2.75) is 63.8 Å². The molecule has 0 saturated heterocycles. The molecule has 2 aromatic carbocycles. The minimum absolute atomic E-state index is 0.165. The number of aromatic nitrogens is 2. The van der Waals surface area contributed by atoms with Crippen molar-refractivity contribution in [3.05, 3.63) is 82.7 Å². The number of hydrogen-bond acceptors (Lipinski definition) is 6. The van der Waals surface area contributed by atoms with Crippen molar-refractivity contribution < 1.29 is 23.8 Å². The minimum atomic E-state index is -2.39. The maximum Gasteiger partial charge on any atom is 0.217 e. The molecule has 4 N–H and O–H groups in total. The fraction of sp³-hybridized carbons (Fsp3) is 0.393. The van der Waals surface area contributed by atoms with Crippen molar-refractivity contribution in [2.75, 3.05) is 6.54 Å². The summed E-state index contributed by atoms with van der Waals surface area (Å²) in [6.45, 7) is 3.02. The lowest BCUT2D eigenvalue weighted by Crippen LogP contribution is -2.58. The number of aliphatic hydroxyl groups is 2. The average molecular weight is 511 g/mol. The van der Waals surface area contributed by atoms with E-state index in [0.29, 0.717) is 5.82 Å². The monoisotopic (exact) mass is 510 g/mol. The van der Waals surface area contributed by atoms with Gasteiger partial charge in [0.15, 0.2) is 11.6 Å². The third-order valence-electron chi connectivity index (χ3n) is 6.74. The summed E-state index contributed by atoms with van der Waals surface area (Å²) in [6, 6.07) is 7.67. The molecule has 7 nitrogen and oxygen atoms in total. The molecule has 3 aromatic rings. The molecule has 0 bridgehead atoms. The number of nitrogens with one attached hydrogen (secondary N) is 2. The van der Waals surface area contributed by atoms with Crippen molar-refractivity contribution in [3.63, 3.8) is 0 Å². The second kappa shape index (κ2) is 11.4.